The van der Waals surface area contributed by atoms with Crippen LogP contribution in [0.15, 0.2) is 9.27 Å². The third-order valence-corrected chi connectivity index (χ3v) is 3.92. The highest BCUT2D eigenvalue weighted by atomic mass is 79.9. The molecule has 0 aliphatic carbocycles. The van der Waals surface area contributed by atoms with Crippen molar-refractivity contribution in [3.8, 4) is 0 Å². The zero-order valence-corrected chi connectivity index (χ0v) is 12.3. The van der Waals surface area contributed by atoms with E-state index < -0.39 is 0 Å². The summed E-state index contributed by atoms with van der Waals surface area (Å²) in [6.07, 6.45) is 2.07. The highest BCUT2D eigenvalue weighted by Crippen LogP contribution is 2.16. The van der Waals surface area contributed by atoms with Crippen LogP contribution in [0.2, 0.25) is 0 Å². The second-order valence-electron chi connectivity index (χ2n) is 4.09. The van der Waals surface area contributed by atoms with Crippen molar-refractivity contribution in [2.75, 3.05) is 13.1 Å². The summed E-state index contributed by atoms with van der Waals surface area (Å²) in [7, 11) is 0. The van der Waals surface area contributed by atoms with Gasteiger partial charge in [-0.05, 0) is 55.7 Å². The first-order valence-corrected chi connectivity index (χ1v) is 6.81. The molecule has 0 amide bonds. The number of nitrogens with one attached hydrogen (secondary N) is 1. The van der Waals surface area contributed by atoms with Gasteiger partial charge in [0.1, 0.15) is 0 Å². The van der Waals surface area contributed by atoms with Crippen molar-refractivity contribution in [1.82, 2.24) is 14.9 Å². The average Bonchev–Trinajstić information content (AvgIpc) is 2.30. The quantitative estimate of drug-likeness (QED) is 0.818. The van der Waals surface area contributed by atoms with Crippen LogP contribution < -0.4 is 11.0 Å². The van der Waals surface area contributed by atoms with E-state index >= 15 is 0 Å². The summed E-state index contributed by atoms with van der Waals surface area (Å²) in [5.74, 6) is 0. The van der Waals surface area contributed by atoms with E-state index in [9.17, 15) is 4.79 Å². The van der Waals surface area contributed by atoms with Crippen LogP contribution >= 0.6 is 15.9 Å². The molecule has 1 N–H and O–H groups in total. The van der Waals surface area contributed by atoms with Crippen LogP contribution in [0.5, 0.6) is 0 Å². The molecular formula is C12H20BrN3O. The van der Waals surface area contributed by atoms with Crippen LogP contribution in [-0.2, 0) is 6.54 Å². The van der Waals surface area contributed by atoms with E-state index in [-0.39, 0.29) is 5.69 Å². The fraction of sp³-hybridized carbons (Fsp3) is 0.667. The Kier molecular flexibility index (Phi) is 5.85. The number of unbranched alkanes of at least 4 members (excludes halogenated alkanes) is 1. The van der Waals surface area contributed by atoms with Gasteiger partial charge in [0.2, 0.25) is 0 Å². The summed E-state index contributed by atoms with van der Waals surface area (Å²) in [6, 6.07) is 0. The zero-order chi connectivity index (χ0) is 12.8. The zero-order valence-electron chi connectivity index (χ0n) is 10.7. The normalized spacial score (nSPS) is 10.8. The van der Waals surface area contributed by atoms with Gasteiger partial charge < -0.3 is 5.32 Å². The maximum Gasteiger partial charge on any atom is 0.348 e. The second kappa shape index (κ2) is 6.91. The molecule has 0 spiro atoms. The molecule has 0 aliphatic heterocycles. The largest absolute Gasteiger partial charge is 0.348 e. The minimum atomic E-state index is -0.147. The summed E-state index contributed by atoms with van der Waals surface area (Å²) in [5, 5.41) is 3.27. The SMILES string of the molecule is CCNCCCCn1c(C)c(Br)c(C)nc1=O. The monoisotopic (exact) mass is 301 g/mol. The first-order valence-electron chi connectivity index (χ1n) is 6.02. The lowest BCUT2D eigenvalue weighted by molar-refractivity contribution is 0.546. The van der Waals surface area contributed by atoms with Crippen molar-refractivity contribution in [1.29, 1.82) is 0 Å². The van der Waals surface area contributed by atoms with Crippen molar-refractivity contribution in [3.63, 3.8) is 0 Å². The van der Waals surface area contributed by atoms with E-state index in [1.165, 1.54) is 0 Å². The molecule has 1 heterocycles. The van der Waals surface area contributed by atoms with Crippen molar-refractivity contribution >= 4 is 15.9 Å². The molecule has 0 unspecified atom stereocenters. The summed E-state index contributed by atoms with van der Waals surface area (Å²) in [5.41, 5.74) is 1.58. The van der Waals surface area contributed by atoms with Gasteiger partial charge in [-0.2, -0.15) is 4.98 Å². The van der Waals surface area contributed by atoms with Crippen LogP contribution in [-0.4, -0.2) is 22.6 Å². The number of halogens is 1. The Morgan fingerprint density at radius 1 is 1.35 bits per heavy atom. The molecular weight excluding hydrogens is 282 g/mol. The molecule has 0 atom stereocenters. The molecule has 1 rings (SSSR count). The number of hydrogen-bond acceptors (Lipinski definition) is 3. The topological polar surface area (TPSA) is 46.9 Å². The fourth-order valence-corrected chi connectivity index (χ4v) is 2.04. The Hall–Kier alpha value is -0.680. The molecule has 0 fully saturated rings. The highest BCUT2D eigenvalue weighted by Gasteiger charge is 2.08. The Balaban J connectivity index is 2.65. The second-order valence-corrected chi connectivity index (χ2v) is 4.88. The summed E-state index contributed by atoms with van der Waals surface area (Å²) in [6.45, 7) is 8.62. The Labute approximate surface area is 111 Å². The van der Waals surface area contributed by atoms with Crippen LogP contribution in [0.25, 0.3) is 0 Å². The van der Waals surface area contributed by atoms with Gasteiger partial charge in [-0.3, -0.25) is 4.57 Å². The Morgan fingerprint density at radius 2 is 2.06 bits per heavy atom. The lowest BCUT2D eigenvalue weighted by Crippen LogP contribution is -2.27. The number of rotatable bonds is 6. The highest BCUT2D eigenvalue weighted by molar-refractivity contribution is 9.10. The number of aryl methyl sites for hydroxylation is 1. The van der Waals surface area contributed by atoms with E-state index in [4.69, 9.17) is 0 Å². The number of hydrogen-bond donors (Lipinski definition) is 1. The summed E-state index contributed by atoms with van der Waals surface area (Å²) in [4.78, 5) is 15.7. The first kappa shape index (κ1) is 14.4. The van der Waals surface area contributed by atoms with Gasteiger partial charge in [-0.25, -0.2) is 4.79 Å². The fourth-order valence-electron chi connectivity index (χ4n) is 1.74. The smallest absolute Gasteiger partial charge is 0.317 e. The van der Waals surface area contributed by atoms with Crippen LogP contribution in [0.1, 0.15) is 31.2 Å². The third kappa shape index (κ3) is 3.92. The molecule has 0 bridgehead atoms. The lowest BCUT2D eigenvalue weighted by atomic mass is 10.3. The lowest BCUT2D eigenvalue weighted by Gasteiger charge is -2.11. The van der Waals surface area contributed by atoms with E-state index in [2.05, 4.69) is 33.2 Å². The molecule has 0 radical (unpaired) electrons. The van der Waals surface area contributed by atoms with Crippen LogP contribution in [0.3, 0.4) is 0 Å². The average molecular weight is 302 g/mol. The van der Waals surface area contributed by atoms with Gasteiger partial charge in [0.25, 0.3) is 0 Å². The van der Waals surface area contributed by atoms with Gasteiger partial charge in [0, 0.05) is 12.2 Å². The molecule has 17 heavy (non-hydrogen) atoms. The predicted molar refractivity (Wildman–Crippen MR) is 73.4 cm³/mol. The minimum Gasteiger partial charge on any atom is -0.317 e. The van der Waals surface area contributed by atoms with E-state index in [1.54, 1.807) is 4.57 Å². The number of nitrogens with zero attached hydrogens (tertiary/aromatic N) is 2. The maximum absolute atomic E-state index is 11.7. The summed E-state index contributed by atoms with van der Waals surface area (Å²) < 4.78 is 2.67. The molecule has 96 valence electrons. The molecule has 5 heteroatoms. The van der Waals surface area contributed by atoms with E-state index in [1.807, 2.05) is 13.8 Å². The summed E-state index contributed by atoms with van der Waals surface area (Å²) >= 11 is 3.46. The molecule has 1 aromatic heterocycles. The standard InChI is InChI=1S/C12H20BrN3O/c1-4-14-7-5-6-8-16-10(3)11(13)9(2)15-12(16)17/h14H,4-8H2,1-3H3. The van der Waals surface area contributed by atoms with Gasteiger partial charge in [0.15, 0.2) is 0 Å². The van der Waals surface area contributed by atoms with Gasteiger partial charge in [-0.1, -0.05) is 6.92 Å². The molecule has 4 nitrogen and oxygen atoms in total. The molecule has 1 aromatic rings. The van der Waals surface area contributed by atoms with Crippen molar-refractivity contribution in [2.24, 2.45) is 0 Å². The van der Waals surface area contributed by atoms with Crippen molar-refractivity contribution < 1.29 is 0 Å². The first-order chi connectivity index (χ1) is 8.07. The Morgan fingerprint density at radius 3 is 2.71 bits per heavy atom. The van der Waals surface area contributed by atoms with E-state index in [0.717, 1.165) is 48.3 Å². The van der Waals surface area contributed by atoms with Crippen LogP contribution in [0, 0.1) is 13.8 Å². The molecule has 0 saturated heterocycles. The van der Waals surface area contributed by atoms with Gasteiger partial charge in [-0.15, -0.1) is 0 Å². The van der Waals surface area contributed by atoms with Gasteiger partial charge in [0.05, 0.1) is 10.2 Å². The predicted octanol–water partition coefficient (Wildman–Crippen LogP) is 2.01. The maximum atomic E-state index is 11.7. The van der Waals surface area contributed by atoms with Crippen molar-refractivity contribution in [2.45, 2.75) is 40.2 Å². The van der Waals surface area contributed by atoms with Gasteiger partial charge >= 0.3 is 5.69 Å². The third-order valence-electron chi connectivity index (χ3n) is 2.77. The number of aromatic nitrogens is 2. The van der Waals surface area contributed by atoms with E-state index in [0.29, 0.717) is 0 Å². The van der Waals surface area contributed by atoms with Crippen molar-refractivity contribution in [3.05, 3.63) is 26.3 Å². The molecule has 0 aliphatic rings. The molecule has 0 aromatic carbocycles. The molecule has 0 saturated carbocycles. The van der Waals surface area contributed by atoms with Crippen LogP contribution in [0.4, 0.5) is 0 Å². The Bertz CT molecular complexity index is 428. The minimum absolute atomic E-state index is 0.147.